The summed E-state index contributed by atoms with van der Waals surface area (Å²) in [5, 5.41) is 15.7. The first kappa shape index (κ1) is 9.59. The number of carbonyl (C=O) groups is 2. The van der Waals surface area contributed by atoms with Crippen LogP contribution in [0, 0.1) is 0 Å². The topological polar surface area (TPSA) is 92.2 Å². The Morgan fingerprint density at radius 1 is 1.69 bits per heavy atom. The van der Waals surface area contributed by atoms with E-state index in [-0.39, 0.29) is 5.69 Å². The van der Waals surface area contributed by atoms with Crippen LogP contribution < -0.4 is 5.32 Å². The van der Waals surface area contributed by atoms with E-state index >= 15 is 0 Å². The van der Waals surface area contributed by atoms with Crippen molar-refractivity contribution in [2.45, 2.75) is 13.0 Å². The number of carboxylic acid groups (broad SMARTS) is 1. The first-order valence-corrected chi connectivity index (χ1v) is 4.25. The van der Waals surface area contributed by atoms with Crippen LogP contribution in [0.5, 0.6) is 0 Å². The molecule has 0 aromatic carbocycles. The highest BCUT2D eigenvalue weighted by atomic mass is 32.1. The van der Waals surface area contributed by atoms with E-state index in [1.165, 1.54) is 12.3 Å². The van der Waals surface area contributed by atoms with Crippen LogP contribution in [0.3, 0.4) is 0 Å². The third-order valence-corrected chi connectivity index (χ3v) is 1.82. The minimum absolute atomic E-state index is 0.137. The monoisotopic (exact) mass is 201 g/mol. The second-order valence-electron chi connectivity index (χ2n) is 2.32. The molecule has 0 aliphatic heterocycles. The number of rotatable bonds is 3. The molecule has 1 atom stereocenters. The zero-order valence-corrected chi connectivity index (χ0v) is 7.54. The number of amides is 1. The normalized spacial score (nSPS) is 12.1. The van der Waals surface area contributed by atoms with Crippen LogP contribution in [-0.2, 0) is 4.79 Å². The highest BCUT2D eigenvalue weighted by Crippen LogP contribution is 1.97. The minimum atomic E-state index is -1.09. The molecule has 1 rings (SSSR count). The number of nitrogens with one attached hydrogen (secondary N) is 1. The third kappa shape index (κ3) is 2.48. The van der Waals surface area contributed by atoms with Crippen molar-refractivity contribution >= 4 is 23.4 Å². The van der Waals surface area contributed by atoms with Gasteiger partial charge in [-0.05, 0) is 18.5 Å². The molecule has 1 heterocycles. The molecule has 7 heteroatoms. The Labute approximate surface area is 77.7 Å². The fourth-order valence-electron chi connectivity index (χ4n) is 0.596. The number of aliphatic carboxylic acids is 1. The number of carbonyl (C=O) groups excluding carboxylic acids is 1. The van der Waals surface area contributed by atoms with Crippen molar-refractivity contribution in [3.05, 3.63) is 11.1 Å². The molecule has 0 fully saturated rings. The number of aromatic nitrogens is 2. The van der Waals surface area contributed by atoms with Gasteiger partial charge in [0.25, 0.3) is 5.91 Å². The zero-order chi connectivity index (χ0) is 9.84. The van der Waals surface area contributed by atoms with Crippen LogP contribution in [0.1, 0.15) is 17.4 Å². The van der Waals surface area contributed by atoms with Gasteiger partial charge in [0, 0.05) is 5.38 Å². The highest BCUT2D eigenvalue weighted by molar-refractivity contribution is 7.03. The molecule has 1 aromatic rings. The fraction of sp³-hybridized carbons (Fsp3) is 0.333. The van der Waals surface area contributed by atoms with Gasteiger partial charge >= 0.3 is 5.97 Å². The van der Waals surface area contributed by atoms with Gasteiger partial charge in [-0.15, -0.1) is 5.10 Å². The van der Waals surface area contributed by atoms with Gasteiger partial charge in [-0.3, -0.25) is 9.59 Å². The molecule has 0 radical (unpaired) electrons. The maximum Gasteiger partial charge on any atom is 0.325 e. The molecule has 0 bridgehead atoms. The van der Waals surface area contributed by atoms with Gasteiger partial charge in [-0.25, -0.2) is 0 Å². The van der Waals surface area contributed by atoms with Crippen LogP contribution in [0.15, 0.2) is 5.38 Å². The lowest BCUT2D eigenvalue weighted by atomic mass is 10.3. The summed E-state index contributed by atoms with van der Waals surface area (Å²) in [5.74, 6) is -1.61. The molecule has 6 nitrogen and oxygen atoms in total. The number of nitrogens with zero attached hydrogens (tertiary/aromatic N) is 2. The van der Waals surface area contributed by atoms with Crippen LogP contribution >= 0.6 is 11.5 Å². The maximum atomic E-state index is 11.2. The van der Waals surface area contributed by atoms with E-state index in [0.717, 1.165) is 11.5 Å². The summed E-state index contributed by atoms with van der Waals surface area (Å²) in [6, 6.07) is -0.922. The largest absolute Gasteiger partial charge is 0.480 e. The molecule has 0 aliphatic carbocycles. The Morgan fingerprint density at radius 2 is 2.38 bits per heavy atom. The van der Waals surface area contributed by atoms with Crippen LogP contribution in [0.2, 0.25) is 0 Å². The quantitative estimate of drug-likeness (QED) is 0.703. The summed E-state index contributed by atoms with van der Waals surface area (Å²) in [7, 11) is 0. The van der Waals surface area contributed by atoms with Gasteiger partial charge in [0.2, 0.25) is 0 Å². The van der Waals surface area contributed by atoms with Crippen LogP contribution in [0.25, 0.3) is 0 Å². The van der Waals surface area contributed by atoms with Crippen molar-refractivity contribution in [2.75, 3.05) is 0 Å². The van der Waals surface area contributed by atoms with Crippen LogP contribution in [-0.4, -0.2) is 32.6 Å². The smallest absolute Gasteiger partial charge is 0.325 e. The average molecular weight is 201 g/mol. The van der Waals surface area contributed by atoms with E-state index < -0.39 is 17.9 Å². The number of carboxylic acids is 1. The summed E-state index contributed by atoms with van der Waals surface area (Å²) in [4.78, 5) is 21.5. The van der Waals surface area contributed by atoms with Gasteiger partial charge in [0.05, 0.1) is 0 Å². The lowest BCUT2D eigenvalue weighted by Crippen LogP contribution is -2.38. The van der Waals surface area contributed by atoms with E-state index in [1.54, 1.807) is 0 Å². The van der Waals surface area contributed by atoms with Gasteiger partial charge in [-0.1, -0.05) is 4.49 Å². The maximum absolute atomic E-state index is 11.2. The Bertz CT molecular complexity index is 311. The Balaban J connectivity index is 2.56. The first-order valence-electron chi connectivity index (χ1n) is 3.42. The number of hydrogen-bond donors (Lipinski definition) is 2. The highest BCUT2D eigenvalue weighted by Gasteiger charge is 2.16. The van der Waals surface area contributed by atoms with Gasteiger partial charge in [0.15, 0.2) is 5.69 Å². The SMILES string of the molecule is C[C@H](NC(=O)c1csnn1)C(=O)O. The van der Waals surface area contributed by atoms with Crippen LogP contribution in [0.4, 0.5) is 0 Å². The van der Waals surface area contributed by atoms with Crippen molar-refractivity contribution in [3.8, 4) is 0 Å². The minimum Gasteiger partial charge on any atom is -0.480 e. The molecule has 1 aromatic heterocycles. The van der Waals surface area contributed by atoms with E-state index in [2.05, 4.69) is 14.9 Å². The Hall–Kier alpha value is -1.50. The summed E-state index contributed by atoms with van der Waals surface area (Å²) < 4.78 is 3.48. The van der Waals surface area contributed by atoms with E-state index in [1.807, 2.05) is 0 Å². The molecule has 1 amide bonds. The van der Waals surface area contributed by atoms with Gasteiger partial charge in [-0.2, -0.15) is 0 Å². The molecule has 2 N–H and O–H groups in total. The molecular formula is C6H7N3O3S. The van der Waals surface area contributed by atoms with Crippen molar-refractivity contribution < 1.29 is 14.7 Å². The second kappa shape index (κ2) is 3.94. The Kier molecular flexibility index (Phi) is 2.91. The lowest BCUT2D eigenvalue weighted by molar-refractivity contribution is -0.138. The average Bonchev–Trinajstić information content (AvgIpc) is 2.55. The molecule has 70 valence electrons. The molecule has 0 spiro atoms. The lowest BCUT2D eigenvalue weighted by Gasteiger charge is -2.06. The predicted octanol–water partition coefficient (Wildman–Crippen LogP) is -0.259. The third-order valence-electron chi connectivity index (χ3n) is 1.31. The fourth-order valence-corrected chi connectivity index (χ4v) is 1.03. The van der Waals surface area contributed by atoms with Crippen molar-refractivity contribution in [1.29, 1.82) is 0 Å². The van der Waals surface area contributed by atoms with Crippen molar-refractivity contribution in [2.24, 2.45) is 0 Å². The zero-order valence-electron chi connectivity index (χ0n) is 6.72. The van der Waals surface area contributed by atoms with Crippen molar-refractivity contribution in [3.63, 3.8) is 0 Å². The van der Waals surface area contributed by atoms with Gasteiger partial charge in [0.1, 0.15) is 6.04 Å². The molecule has 0 aliphatic rings. The predicted molar refractivity (Wildman–Crippen MR) is 44.5 cm³/mol. The summed E-state index contributed by atoms with van der Waals surface area (Å²) in [6.45, 7) is 1.38. The van der Waals surface area contributed by atoms with Crippen molar-refractivity contribution in [1.82, 2.24) is 14.9 Å². The standard InChI is InChI=1S/C6H7N3O3S/c1-3(6(11)12)7-5(10)4-2-13-9-8-4/h2-3H,1H3,(H,7,10)(H,11,12)/t3-/m0/s1. The van der Waals surface area contributed by atoms with E-state index in [9.17, 15) is 9.59 Å². The van der Waals surface area contributed by atoms with Gasteiger partial charge < -0.3 is 10.4 Å². The summed E-state index contributed by atoms with van der Waals surface area (Å²) >= 11 is 1.03. The van der Waals surface area contributed by atoms with E-state index in [4.69, 9.17) is 5.11 Å². The summed E-state index contributed by atoms with van der Waals surface area (Å²) in [5.41, 5.74) is 0.137. The first-order chi connectivity index (χ1) is 6.11. The molecule has 0 unspecified atom stereocenters. The summed E-state index contributed by atoms with van der Waals surface area (Å²) in [6.07, 6.45) is 0. The number of hydrogen-bond acceptors (Lipinski definition) is 5. The molecule has 0 saturated carbocycles. The second-order valence-corrected chi connectivity index (χ2v) is 2.93. The molecule has 0 saturated heterocycles. The Morgan fingerprint density at radius 3 is 2.85 bits per heavy atom. The van der Waals surface area contributed by atoms with E-state index in [0.29, 0.717) is 0 Å². The molecular weight excluding hydrogens is 194 g/mol. The molecule has 13 heavy (non-hydrogen) atoms.